The second-order valence-electron chi connectivity index (χ2n) is 1.96. The van der Waals surface area contributed by atoms with Crippen LogP contribution in [0.25, 0.3) is 0 Å². The highest BCUT2D eigenvalue weighted by atomic mass is 16.5. The third-order valence-electron chi connectivity index (χ3n) is 1.10. The minimum absolute atomic E-state index is 1.04. The lowest BCUT2D eigenvalue weighted by molar-refractivity contribution is 0.336. The smallest absolute Gasteiger partial charge is 0.0784 e. The summed E-state index contributed by atoms with van der Waals surface area (Å²) < 4.78 is 4.73. The Hall–Kier alpha value is -0.460. The van der Waals surface area contributed by atoms with Crippen molar-refractivity contribution < 1.29 is 4.74 Å². The molecule has 0 bridgehead atoms. The molecule has 0 amide bonds. The van der Waals surface area contributed by atoms with E-state index < -0.39 is 0 Å². The summed E-state index contributed by atoms with van der Waals surface area (Å²) in [5.41, 5.74) is 0. The van der Waals surface area contributed by atoms with Gasteiger partial charge in [-0.05, 0) is 18.9 Å². The van der Waals surface area contributed by atoms with Gasteiger partial charge in [-0.1, -0.05) is 19.8 Å². The molecule has 0 unspecified atom stereocenters. The van der Waals surface area contributed by atoms with Gasteiger partial charge in [0, 0.05) is 0 Å². The van der Waals surface area contributed by atoms with Crippen LogP contribution >= 0.6 is 0 Å². The van der Waals surface area contributed by atoms with Gasteiger partial charge in [-0.3, -0.25) is 0 Å². The van der Waals surface area contributed by atoms with Crippen LogP contribution in [0.4, 0.5) is 0 Å². The maximum atomic E-state index is 4.73. The van der Waals surface area contributed by atoms with E-state index in [0.29, 0.717) is 0 Å². The van der Waals surface area contributed by atoms with Crippen LogP contribution < -0.4 is 0 Å². The molecule has 1 heteroatoms. The zero-order chi connectivity index (χ0) is 6.95. The number of ether oxygens (including phenoxy) is 1. The Labute approximate surface area is 57.7 Å². The van der Waals surface area contributed by atoms with Gasteiger partial charge in [0.05, 0.1) is 13.4 Å². The fourth-order valence-corrected chi connectivity index (χ4v) is 0.603. The number of hydrogen-bond acceptors (Lipinski definition) is 1. The molecule has 1 radical (unpaired) electrons. The number of rotatable bonds is 5. The Bertz CT molecular complexity index is 67.0. The van der Waals surface area contributed by atoms with Crippen LogP contribution in [0.2, 0.25) is 0 Å². The van der Waals surface area contributed by atoms with Crippen LogP contribution in [-0.2, 0) is 4.74 Å². The highest BCUT2D eigenvalue weighted by Gasteiger charge is 1.79. The molecular weight excluding hydrogens is 112 g/mol. The van der Waals surface area contributed by atoms with Crippen molar-refractivity contribution in [1.82, 2.24) is 0 Å². The van der Waals surface area contributed by atoms with Gasteiger partial charge in [0.25, 0.3) is 0 Å². The molecule has 0 saturated heterocycles. The molecule has 0 N–H and O–H groups in total. The summed E-state index contributed by atoms with van der Waals surface area (Å²) in [6.45, 7) is 3.75. The average molecular weight is 127 g/mol. The van der Waals surface area contributed by atoms with Gasteiger partial charge in [-0.25, -0.2) is 0 Å². The van der Waals surface area contributed by atoms with Crippen LogP contribution in [0.1, 0.15) is 25.7 Å². The molecule has 0 saturated carbocycles. The zero-order valence-corrected chi connectivity index (χ0v) is 6.10. The lowest BCUT2D eigenvalue weighted by Crippen LogP contribution is -1.71. The molecule has 0 aromatic heterocycles. The fourth-order valence-electron chi connectivity index (χ4n) is 0.603. The van der Waals surface area contributed by atoms with Gasteiger partial charge in [0.15, 0.2) is 0 Å². The van der Waals surface area contributed by atoms with Crippen LogP contribution in [0.5, 0.6) is 0 Å². The zero-order valence-electron chi connectivity index (χ0n) is 6.10. The molecular formula is C8H15O. The fraction of sp³-hybridized carbons (Fsp3) is 0.625. The lowest BCUT2D eigenvalue weighted by atomic mass is 10.2. The van der Waals surface area contributed by atoms with Gasteiger partial charge in [0.1, 0.15) is 0 Å². The van der Waals surface area contributed by atoms with E-state index >= 15 is 0 Å². The van der Waals surface area contributed by atoms with Crippen molar-refractivity contribution in [1.29, 1.82) is 0 Å². The van der Waals surface area contributed by atoms with E-state index in [-0.39, 0.29) is 0 Å². The van der Waals surface area contributed by atoms with Crippen molar-refractivity contribution >= 4 is 0 Å². The molecule has 1 nitrogen and oxygen atoms in total. The van der Waals surface area contributed by atoms with Crippen molar-refractivity contribution in [3.63, 3.8) is 0 Å². The molecule has 0 aliphatic rings. The summed E-state index contributed by atoms with van der Waals surface area (Å²) in [5.74, 6) is 0. The molecule has 0 spiro atoms. The number of allylic oxidation sites excluding steroid dienone is 1. The Morgan fingerprint density at radius 3 is 2.78 bits per heavy atom. The van der Waals surface area contributed by atoms with E-state index in [1.807, 2.05) is 6.08 Å². The second kappa shape index (κ2) is 7.54. The Balaban J connectivity index is 2.82. The predicted molar refractivity (Wildman–Crippen MR) is 40.0 cm³/mol. The van der Waals surface area contributed by atoms with E-state index in [2.05, 4.69) is 6.92 Å². The first-order valence-electron chi connectivity index (χ1n) is 3.39. The van der Waals surface area contributed by atoms with E-state index in [4.69, 9.17) is 4.74 Å². The first-order chi connectivity index (χ1) is 4.41. The van der Waals surface area contributed by atoms with Crippen LogP contribution in [0, 0.1) is 6.92 Å². The molecule has 0 aliphatic carbocycles. The van der Waals surface area contributed by atoms with E-state index in [1.165, 1.54) is 12.8 Å². The summed E-state index contributed by atoms with van der Waals surface area (Å²) >= 11 is 0. The molecule has 0 aromatic rings. The van der Waals surface area contributed by atoms with Crippen LogP contribution in [0.3, 0.4) is 0 Å². The molecule has 0 fully saturated rings. The summed E-state index contributed by atoms with van der Waals surface area (Å²) in [5, 5.41) is 0. The summed E-state index contributed by atoms with van der Waals surface area (Å²) in [6.07, 6.45) is 8.36. The third-order valence-corrected chi connectivity index (χ3v) is 1.10. The predicted octanol–water partition coefficient (Wildman–Crippen LogP) is 2.54. The quantitative estimate of drug-likeness (QED) is 0.407. The van der Waals surface area contributed by atoms with Crippen molar-refractivity contribution in [3.05, 3.63) is 19.3 Å². The first-order valence-corrected chi connectivity index (χ1v) is 3.39. The molecule has 0 atom stereocenters. The van der Waals surface area contributed by atoms with Crippen LogP contribution in [-0.4, -0.2) is 7.11 Å². The summed E-state index contributed by atoms with van der Waals surface area (Å²) in [4.78, 5) is 0. The molecule has 0 aliphatic heterocycles. The molecule has 9 heavy (non-hydrogen) atoms. The van der Waals surface area contributed by atoms with Crippen molar-refractivity contribution in [2.24, 2.45) is 0 Å². The Morgan fingerprint density at radius 2 is 2.22 bits per heavy atom. The Morgan fingerprint density at radius 1 is 1.44 bits per heavy atom. The number of hydrogen-bond donors (Lipinski definition) is 0. The second-order valence-corrected chi connectivity index (χ2v) is 1.96. The van der Waals surface area contributed by atoms with Gasteiger partial charge in [-0.2, -0.15) is 0 Å². The number of methoxy groups -OCH3 is 1. The average Bonchev–Trinajstić information content (AvgIpc) is 1.89. The minimum atomic E-state index is 1.04. The third kappa shape index (κ3) is 7.54. The molecule has 0 aromatic carbocycles. The lowest BCUT2D eigenvalue weighted by Gasteiger charge is -1.90. The van der Waals surface area contributed by atoms with Crippen molar-refractivity contribution in [2.75, 3.05) is 7.11 Å². The van der Waals surface area contributed by atoms with Gasteiger partial charge < -0.3 is 4.74 Å². The highest BCUT2D eigenvalue weighted by molar-refractivity contribution is 4.72. The normalized spacial score (nSPS) is 10.4. The number of unbranched alkanes of at least 4 members (excludes halogenated alkanes) is 3. The van der Waals surface area contributed by atoms with Gasteiger partial charge >= 0.3 is 0 Å². The van der Waals surface area contributed by atoms with Crippen LogP contribution in [0.15, 0.2) is 12.3 Å². The van der Waals surface area contributed by atoms with Gasteiger partial charge in [0.2, 0.25) is 0 Å². The molecule has 53 valence electrons. The topological polar surface area (TPSA) is 9.23 Å². The van der Waals surface area contributed by atoms with E-state index in [0.717, 1.165) is 12.8 Å². The SMILES string of the molecule is [CH2]CCCC/C=C/OC. The maximum absolute atomic E-state index is 4.73. The first kappa shape index (κ1) is 8.54. The summed E-state index contributed by atoms with van der Waals surface area (Å²) in [6, 6.07) is 0. The molecule has 0 heterocycles. The van der Waals surface area contributed by atoms with E-state index in [9.17, 15) is 0 Å². The summed E-state index contributed by atoms with van der Waals surface area (Å²) in [7, 11) is 1.66. The Kier molecular flexibility index (Phi) is 7.15. The largest absolute Gasteiger partial charge is 0.505 e. The minimum Gasteiger partial charge on any atom is -0.505 e. The standard InChI is InChI=1S/C8H15O/c1-3-4-5-6-7-8-9-2/h7-8H,1,3-6H2,2H3/b8-7+. The monoisotopic (exact) mass is 127 g/mol. The van der Waals surface area contributed by atoms with Crippen molar-refractivity contribution in [3.8, 4) is 0 Å². The highest BCUT2D eigenvalue weighted by Crippen LogP contribution is 1.98. The molecule has 0 rings (SSSR count). The maximum Gasteiger partial charge on any atom is 0.0784 e. The van der Waals surface area contributed by atoms with Crippen molar-refractivity contribution in [2.45, 2.75) is 25.7 Å². The van der Waals surface area contributed by atoms with E-state index in [1.54, 1.807) is 13.4 Å². The van der Waals surface area contributed by atoms with Gasteiger partial charge in [-0.15, -0.1) is 0 Å².